The highest BCUT2D eigenvalue weighted by Gasteiger charge is 2.26. The second-order valence-electron chi connectivity index (χ2n) is 2.79. The minimum absolute atomic E-state index is 0.0969. The zero-order valence-electron chi connectivity index (χ0n) is 6.75. The van der Waals surface area contributed by atoms with E-state index in [1.54, 1.807) is 4.90 Å². The van der Waals surface area contributed by atoms with Crippen molar-refractivity contribution >= 4 is 12.2 Å². The van der Waals surface area contributed by atoms with Gasteiger partial charge in [0.05, 0.1) is 6.04 Å². The molecule has 1 aliphatic rings. The lowest BCUT2D eigenvalue weighted by atomic mass is 10.2. The molecule has 1 fully saturated rings. The fraction of sp³-hybridized carbons (Fsp3) is 0.750. The molecule has 1 atom stereocenters. The van der Waals surface area contributed by atoms with Crippen LogP contribution in [0.5, 0.6) is 0 Å². The van der Waals surface area contributed by atoms with Gasteiger partial charge in [0.25, 0.3) is 0 Å². The smallest absolute Gasteiger partial charge is 0.222 e. The van der Waals surface area contributed by atoms with Crippen LogP contribution in [-0.2, 0) is 9.59 Å². The molecule has 0 aromatic carbocycles. The van der Waals surface area contributed by atoms with E-state index in [4.69, 9.17) is 0 Å². The summed E-state index contributed by atoms with van der Waals surface area (Å²) in [6.45, 7) is 2.58. The lowest BCUT2D eigenvalue weighted by Crippen LogP contribution is -2.35. The van der Waals surface area contributed by atoms with E-state index in [0.29, 0.717) is 6.42 Å². The quantitative estimate of drug-likeness (QED) is 0.547. The first kappa shape index (κ1) is 8.24. The molecule has 0 aromatic heterocycles. The van der Waals surface area contributed by atoms with Crippen LogP contribution in [0, 0.1) is 0 Å². The number of likely N-dealkylation sites (tertiary alicyclic amines) is 1. The molecule has 1 heterocycles. The molecule has 0 N–H and O–H groups in total. The summed E-state index contributed by atoms with van der Waals surface area (Å²) >= 11 is 0. The van der Waals surface area contributed by atoms with Gasteiger partial charge in [-0.05, 0) is 12.8 Å². The molecule has 1 amide bonds. The number of hydrogen-bond acceptors (Lipinski definition) is 2. The summed E-state index contributed by atoms with van der Waals surface area (Å²) in [7, 11) is 0. The van der Waals surface area contributed by atoms with Crippen LogP contribution in [0.3, 0.4) is 0 Å². The van der Waals surface area contributed by atoms with E-state index in [1.807, 2.05) is 6.92 Å². The van der Waals surface area contributed by atoms with E-state index >= 15 is 0 Å². The van der Waals surface area contributed by atoms with E-state index < -0.39 is 0 Å². The first-order chi connectivity index (χ1) is 5.29. The van der Waals surface area contributed by atoms with E-state index in [2.05, 4.69) is 0 Å². The summed E-state index contributed by atoms with van der Waals surface area (Å²) in [4.78, 5) is 23.3. The van der Waals surface area contributed by atoms with Crippen molar-refractivity contribution < 1.29 is 9.59 Å². The highest BCUT2D eigenvalue weighted by molar-refractivity contribution is 5.80. The first-order valence-electron chi connectivity index (χ1n) is 4.04. The molecular weight excluding hydrogens is 142 g/mol. The van der Waals surface area contributed by atoms with E-state index in [1.165, 1.54) is 0 Å². The van der Waals surface area contributed by atoms with Gasteiger partial charge in [-0.2, -0.15) is 0 Å². The molecule has 0 aromatic rings. The molecule has 0 radical (unpaired) electrons. The Bertz CT molecular complexity index is 167. The van der Waals surface area contributed by atoms with Crippen LogP contribution in [0.25, 0.3) is 0 Å². The van der Waals surface area contributed by atoms with Crippen LogP contribution in [0.1, 0.15) is 26.2 Å². The monoisotopic (exact) mass is 155 g/mol. The maximum absolute atomic E-state index is 11.2. The first-order valence-corrected chi connectivity index (χ1v) is 4.04. The number of amides is 1. The molecule has 1 rings (SSSR count). The van der Waals surface area contributed by atoms with Gasteiger partial charge in [0.15, 0.2) is 0 Å². The lowest BCUT2D eigenvalue weighted by molar-refractivity contribution is -0.134. The number of hydrogen-bond donors (Lipinski definition) is 0. The zero-order valence-corrected chi connectivity index (χ0v) is 6.75. The summed E-state index contributed by atoms with van der Waals surface area (Å²) in [6, 6.07) is -0.137. The Labute approximate surface area is 66.4 Å². The number of aldehydes is 1. The van der Waals surface area contributed by atoms with Gasteiger partial charge >= 0.3 is 0 Å². The van der Waals surface area contributed by atoms with Crippen molar-refractivity contribution in [1.82, 2.24) is 4.90 Å². The van der Waals surface area contributed by atoms with Crippen LogP contribution in [0.2, 0.25) is 0 Å². The Kier molecular flexibility index (Phi) is 2.63. The Morgan fingerprint density at radius 2 is 2.45 bits per heavy atom. The lowest BCUT2D eigenvalue weighted by Gasteiger charge is -2.18. The SMILES string of the molecule is CCC(=O)N1CCCC1C=O. The van der Waals surface area contributed by atoms with Gasteiger partial charge in [-0.15, -0.1) is 0 Å². The van der Waals surface area contributed by atoms with E-state index in [0.717, 1.165) is 25.7 Å². The van der Waals surface area contributed by atoms with Crippen LogP contribution < -0.4 is 0 Å². The summed E-state index contributed by atoms with van der Waals surface area (Å²) in [5, 5.41) is 0. The molecule has 0 aliphatic carbocycles. The van der Waals surface area contributed by atoms with Gasteiger partial charge in [-0.1, -0.05) is 6.92 Å². The van der Waals surface area contributed by atoms with Crippen LogP contribution in [0.4, 0.5) is 0 Å². The van der Waals surface area contributed by atoms with Gasteiger partial charge in [0.2, 0.25) is 5.91 Å². The standard InChI is InChI=1S/C8H13NO2/c1-2-8(11)9-5-3-4-7(9)6-10/h6-7H,2-5H2,1H3. The largest absolute Gasteiger partial charge is 0.333 e. The molecule has 0 bridgehead atoms. The van der Waals surface area contributed by atoms with Crippen LogP contribution in [0.15, 0.2) is 0 Å². The molecule has 3 nitrogen and oxygen atoms in total. The molecule has 1 aliphatic heterocycles. The Morgan fingerprint density at radius 3 is 3.00 bits per heavy atom. The number of rotatable bonds is 2. The van der Waals surface area contributed by atoms with Crippen molar-refractivity contribution in [3.8, 4) is 0 Å². The van der Waals surface area contributed by atoms with Crippen molar-refractivity contribution in [2.75, 3.05) is 6.54 Å². The van der Waals surface area contributed by atoms with Crippen LogP contribution in [-0.4, -0.2) is 29.7 Å². The third-order valence-corrected chi connectivity index (χ3v) is 2.08. The molecule has 1 unspecified atom stereocenters. The Morgan fingerprint density at radius 1 is 1.73 bits per heavy atom. The van der Waals surface area contributed by atoms with Crippen LogP contribution >= 0.6 is 0 Å². The topological polar surface area (TPSA) is 37.4 Å². The van der Waals surface area contributed by atoms with E-state index in [-0.39, 0.29) is 11.9 Å². The summed E-state index contributed by atoms with van der Waals surface area (Å²) < 4.78 is 0. The third kappa shape index (κ3) is 1.59. The maximum atomic E-state index is 11.2. The molecular formula is C8H13NO2. The molecule has 11 heavy (non-hydrogen) atoms. The minimum atomic E-state index is -0.137. The van der Waals surface area contributed by atoms with Crippen molar-refractivity contribution in [3.63, 3.8) is 0 Å². The average molecular weight is 155 g/mol. The summed E-state index contributed by atoms with van der Waals surface area (Å²) in [5.74, 6) is 0.0969. The fourth-order valence-corrected chi connectivity index (χ4v) is 1.45. The predicted molar refractivity (Wildman–Crippen MR) is 41.1 cm³/mol. The average Bonchev–Trinajstić information content (AvgIpc) is 2.50. The predicted octanol–water partition coefficient (Wildman–Crippen LogP) is 0.586. The van der Waals surface area contributed by atoms with Gasteiger partial charge in [0, 0.05) is 13.0 Å². The summed E-state index contributed by atoms with van der Waals surface area (Å²) in [5.41, 5.74) is 0. The normalized spacial score (nSPS) is 23.7. The molecule has 3 heteroatoms. The van der Waals surface area contributed by atoms with Crippen molar-refractivity contribution in [2.24, 2.45) is 0 Å². The molecule has 62 valence electrons. The molecule has 0 saturated carbocycles. The van der Waals surface area contributed by atoms with Gasteiger partial charge < -0.3 is 9.69 Å². The Hall–Kier alpha value is -0.860. The highest BCUT2D eigenvalue weighted by Crippen LogP contribution is 2.15. The van der Waals surface area contributed by atoms with Crippen molar-refractivity contribution in [2.45, 2.75) is 32.2 Å². The van der Waals surface area contributed by atoms with Crippen molar-refractivity contribution in [1.29, 1.82) is 0 Å². The number of carbonyl (C=O) groups is 2. The second-order valence-corrected chi connectivity index (χ2v) is 2.79. The maximum Gasteiger partial charge on any atom is 0.222 e. The van der Waals surface area contributed by atoms with E-state index in [9.17, 15) is 9.59 Å². The van der Waals surface area contributed by atoms with Gasteiger partial charge in [0.1, 0.15) is 6.29 Å². The highest BCUT2D eigenvalue weighted by atomic mass is 16.2. The minimum Gasteiger partial charge on any atom is -0.333 e. The van der Waals surface area contributed by atoms with Crippen molar-refractivity contribution in [3.05, 3.63) is 0 Å². The zero-order chi connectivity index (χ0) is 8.27. The molecule has 0 spiro atoms. The third-order valence-electron chi connectivity index (χ3n) is 2.08. The summed E-state index contributed by atoms with van der Waals surface area (Å²) in [6.07, 6.45) is 3.19. The second kappa shape index (κ2) is 3.51. The molecule has 1 saturated heterocycles. The number of nitrogens with zero attached hydrogens (tertiary/aromatic N) is 1. The van der Waals surface area contributed by atoms with Gasteiger partial charge in [-0.3, -0.25) is 4.79 Å². The van der Waals surface area contributed by atoms with Gasteiger partial charge in [-0.25, -0.2) is 0 Å². The number of carbonyl (C=O) groups excluding carboxylic acids is 2. The fourth-order valence-electron chi connectivity index (χ4n) is 1.45. The Balaban J connectivity index is 2.56.